The minimum absolute atomic E-state index is 0.0184. The van der Waals surface area contributed by atoms with E-state index in [0.29, 0.717) is 18.6 Å². The Morgan fingerprint density at radius 3 is 2.61 bits per heavy atom. The first-order valence-corrected chi connectivity index (χ1v) is 5.90. The normalized spacial score (nSPS) is 25.1. The van der Waals surface area contributed by atoms with E-state index >= 15 is 0 Å². The first-order chi connectivity index (χ1) is 8.50. The van der Waals surface area contributed by atoms with Crippen molar-refractivity contribution < 1.29 is 23.0 Å². The molecule has 2 nitrogen and oxygen atoms in total. The lowest BCUT2D eigenvalue weighted by atomic mass is 9.90. The van der Waals surface area contributed by atoms with Crippen LogP contribution in [0.15, 0.2) is 24.3 Å². The van der Waals surface area contributed by atoms with Gasteiger partial charge in [0.15, 0.2) is 0 Å². The van der Waals surface area contributed by atoms with Gasteiger partial charge in [0.05, 0.1) is 24.9 Å². The molecule has 1 fully saturated rings. The number of hydrogen-bond acceptors (Lipinski definition) is 2. The lowest BCUT2D eigenvalue weighted by molar-refractivity contribution is -0.137. The van der Waals surface area contributed by atoms with Crippen LogP contribution < -0.4 is 0 Å². The van der Waals surface area contributed by atoms with E-state index in [-0.39, 0.29) is 18.6 Å². The molecule has 0 aliphatic carbocycles. The summed E-state index contributed by atoms with van der Waals surface area (Å²) in [4.78, 5) is 0. The van der Waals surface area contributed by atoms with Crippen molar-refractivity contribution in [2.24, 2.45) is 0 Å². The van der Waals surface area contributed by atoms with E-state index in [9.17, 15) is 13.2 Å². The molecule has 1 heterocycles. The molecule has 1 aliphatic heterocycles. The largest absolute Gasteiger partial charge is 0.416 e. The highest BCUT2D eigenvalue weighted by atomic mass is 19.4. The van der Waals surface area contributed by atoms with Crippen LogP contribution >= 0.6 is 0 Å². The van der Waals surface area contributed by atoms with Crippen LogP contribution in [0, 0.1) is 0 Å². The van der Waals surface area contributed by atoms with Crippen LogP contribution in [0.3, 0.4) is 0 Å². The van der Waals surface area contributed by atoms with E-state index in [1.165, 1.54) is 12.1 Å². The fourth-order valence-corrected chi connectivity index (χ4v) is 2.18. The summed E-state index contributed by atoms with van der Waals surface area (Å²) in [5.41, 5.74) is 0.0329. The van der Waals surface area contributed by atoms with Gasteiger partial charge in [0.1, 0.15) is 0 Å². The minimum Gasteiger partial charge on any atom is -0.394 e. The molecular weight excluding hydrogens is 245 g/mol. The first-order valence-electron chi connectivity index (χ1n) is 5.90. The number of hydrogen-bond donors (Lipinski definition) is 1. The van der Waals surface area contributed by atoms with Crippen molar-refractivity contribution in [3.63, 3.8) is 0 Å². The zero-order valence-electron chi connectivity index (χ0n) is 9.78. The molecule has 0 saturated carbocycles. The summed E-state index contributed by atoms with van der Waals surface area (Å²) in [6.07, 6.45) is -3.06. The molecule has 0 bridgehead atoms. The SMILES string of the molecule is OC[C@@H]1CC[C@H](c2cccc(C(F)(F)F)c2)CO1. The summed E-state index contributed by atoms with van der Waals surface area (Å²) in [6, 6.07) is 5.38. The molecule has 0 aromatic heterocycles. The lowest BCUT2D eigenvalue weighted by Gasteiger charge is -2.28. The maximum atomic E-state index is 12.6. The smallest absolute Gasteiger partial charge is 0.394 e. The second kappa shape index (κ2) is 5.28. The molecule has 2 rings (SSSR count). The summed E-state index contributed by atoms with van der Waals surface area (Å²) >= 11 is 0. The minimum atomic E-state index is -4.31. The van der Waals surface area contributed by atoms with Gasteiger partial charge < -0.3 is 9.84 Å². The predicted octanol–water partition coefficient (Wildman–Crippen LogP) is 2.96. The molecule has 0 spiro atoms. The number of aliphatic hydroxyl groups is 1. The van der Waals surface area contributed by atoms with E-state index < -0.39 is 11.7 Å². The third-order valence-electron chi connectivity index (χ3n) is 3.26. The molecule has 1 N–H and O–H groups in total. The number of halogens is 3. The van der Waals surface area contributed by atoms with E-state index in [1.807, 2.05) is 0 Å². The monoisotopic (exact) mass is 260 g/mol. The van der Waals surface area contributed by atoms with Crippen LogP contribution in [-0.4, -0.2) is 24.4 Å². The van der Waals surface area contributed by atoms with Crippen LogP contribution in [0.1, 0.15) is 29.9 Å². The van der Waals surface area contributed by atoms with Crippen LogP contribution in [0.25, 0.3) is 0 Å². The Hall–Kier alpha value is -1.07. The Morgan fingerprint density at radius 2 is 2.06 bits per heavy atom. The fraction of sp³-hybridized carbons (Fsp3) is 0.538. The molecule has 1 aromatic carbocycles. The van der Waals surface area contributed by atoms with E-state index in [2.05, 4.69) is 0 Å². The van der Waals surface area contributed by atoms with Crippen molar-refractivity contribution in [3.05, 3.63) is 35.4 Å². The van der Waals surface area contributed by atoms with Gasteiger partial charge in [0, 0.05) is 5.92 Å². The third-order valence-corrected chi connectivity index (χ3v) is 3.26. The Kier molecular flexibility index (Phi) is 3.92. The van der Waals surface area contributed by atoms with Crippen molar-refractivity contribution in [1.82, 2.24) is 0 Å². The predicted molar refractivity (Wildman–Crippen MR) is 60.2 cm³/mol. The van der Waals surface area contributed by atoms with E-state index in [0.717, 1.165) is 12.5 Å². The standard InChI is InChI=1S/C13H15F3O2/c14-13(15,16)11-3-1-2-9(6-11)10-4-5-12(7-17)18-8-10/h1-3,6,10,12,17H,4-5,7-8H2/t10-,12-/m0/s1. The number of ether oxygens (including phenoxy) is 1. The summed E-state index contributed by atoms with van der Waals surface area (Å²) in [6.45, 7) is 0.335. The third kappa shape index (κ3) is 3.03. The van der Waals surface area contributed by atoms with Crippen LogP contribution in [0.5, 0.6) is 0 Å². The Labute approximate surface area is 103 Å². The number of rotatable bonds is 2. The Bertz CT molecular complexity index is 395. The average molecular weight is 260 g/mol. The van der Waals surface area contributed by atoms with Crippen LogP contribution in [-0.2, 0) is 10.9 Å². The highest BCUT2D eigenvalue weighted by Gasteiger charge is 2.31. The highest BCUT2D eigenvalue weighted by Crippen LogP contribution is 2.33. The lowest BCUT2D eigenvalue weighted by Crippen LogP contribution is -2.27. The zero-order valence-corrected chi connectivity index (χ0v) is 9.78. The van der Waals surface area contributed by atoms with Crippen LogP contribution in [0.2, 0.25) is 0 Å². The molecule has 1 aromatic rings. The first kappa shape index (κ1) is 13.4. The maximum Gasteiger partial charge on any atom is 0.416 e. The summed E-state index contributed by atoms with van der Waals surface area (Å²) in [5, 5.41) is 8.92. The molecule has 1 aliphatic rings. The number of alkyl halides is 3. The quantitative estimate of drug-likeness (QED) is 0.885. The van der Waals surface area contributed by atoms with Gasteiger partial charge in [-0.05, 0) is 24.5 Å². The topological polar surface area (TPSA) is 29.5 Å². The molecule has 1 saturated heterocycles. The molecule has 18 heavy (non-hydrogen) atoms. The highest BCUT2D eigenvalue weighted by molar-refractivity contribution is 5.28. The van der Waals surface area contributed by atoms with Gasteiger partial charge in [-0.1, -0.05) is 18.2 Å². The molecular formula is C13H15F3O2. The van der Waals surface area contributed by atoms with Crippen LogP contribution in [0.4, 0.5) is 13.2 Å². The van der Waals surface area contributed by atoms with Crippen molar-refractivity contribution in [2.45, 2.75) is 31.0 Å². The number of benzene rings is 1. The summed E-state index contributed by atoms with van der Waals surface area (Å²) in [5.74, 6) is -0.0184. The Balaban J connectivity index is 2.10. The van der Waals surface area contributed by atoms with Crippen molar-refractivity contribution in [2.75, 3.05) is 13.2 Å². The molecule has 100 valence electrons. The second-order valence-corrected chi connectivity index (χ2v) is 4.54. The van der Waals surface area contributed by atoms with Crippen molar-refractivity contribution in [1.29, 1.82) is 0 Å². The summed E-state index contributed by atoms with van der Waals surface area (Å²) in [7, 11) is 0. The fourth-order valence-electron chi connectivity index (χ4n) is 2.18. The average Bonchev–Trinajstić information content (AvgIpc) is 2.38. The van der Waals surface area contributed by atoms with Gasteiger partial charge in [-0.25, -0.2) is 0 Å². The van der Waals surface area contributed by atoms with Gasteiger partial charge in [-0.15, -0.1) is 0 Å². The summed E-state index contributed by atoms with van der Waals surface area (Å²) < 4.78 is 43.2. The van der Waals surface area contributed by atoms with Crippen molar-refractivity contribution in [3.8, 4) is 0 Å². The number of aliphatic hydroxyl groups excluding tert-OH is 1. The molecule has 5 heteroatoms. The van der Waals surface area contributed by atoms with E-state index in [1.54, 1.807) is 6.07 Å². The Morgan fingerprint density at radius 1 is 1.28 bits per heavy atom. The van der Waals surface area contributed by atoms with Gasteiger partial charge in [-0.3, -0.25) is 0 Å². The molecule has 0 amide bonds. The molecule has 2 atom stereocenters. The molecule has 0 radical (unpaired) electrons. The zero-order chi connectivity index (χ0) is 13.2. The van der Waals surface area contributed by atoms with E-state index in [4.69, 9.17) is 9.84 Å². The van der Waals surface area contributed by atoms with Crippen molar-refractivity contribution >= 4 is 0 Å². The van der Waals surface area contributed by atoms with Gasteiger partial charge in [0.2, 0.25) is 0 Å². The maximum absolute atomic E-state index is 12.6. The van der Waals surface area contributed by atoms with Gasteiger partial charge >= 0.3 is 6.18 Å². The second-order valence-electron chi connectivity index (χ2n) is 4.54. The van der Waals surface area contributed by atoms with Gasteiger partial charge in [-0.2, -0.15) is 13.2 Å². The molecule has 0 unspecified atom stereocenters. The van der Waals surface area contributed by atoms with Gasteiger partial charge in [0.25, 0.3) is 0 Å².